The molecule has 0 aliphatic carbocycles. The third-order valence-corrected chi connectivity index (χ3v) is 1.82. The van der Waals surface area contributed by atoms with Crippen LogP contribution in [0.3, 0.4) is 0 Å². The number of carbonyl (C=O) groups excluding carboxylic acids is 1. The van der Waals surface area contributed by atoms with Gasteiger partial charge in [0.1, 0.15) is 6.61 Å². The van der Waals surface area contributed by atoms with Crippen molar-refractivity contribution in [2.45, 2.75) is 20.0 Å². The molecule has 12 heavy (non-hydrogen) atoms. The zero-order chi connectivity index (χ0) is 9.56. The second-order valence-electron chi connectivity index (χ2n) is 2.24. The van der Waals surface area contributed by atoms with Crippen molar-refractivity contribution in [2.75, 3.05) is 6.61 Å². The summed E-state index contributed by atoms with van der Waals surface area (Å²) < 4.78 is 19.9. The molecule has 6 nitrogen and oxygen atoms in total. The average Bonchev–Trinajstić information content (AvgIpc) is 1.99. The topological polar surface area (TPSA) is 84.9 Å². The predicted octanol–water partition coefficient (Wildman–Crippen LogP) is 0.323. The molecule has 0 aromatic rings. The summed E-state index contributed by atoms with van der Waals surface area (Å²) in [4.78, 5) is 10.3. The summed E-state index contributed by atoms with van der Waals surface area (Å²) in [6.45, 7) is 2.91. The quantitative estimate of drug-likeness (QED) is 0.376. The first-order valence-electron chi connectivity index (χ1n) is 3.32. The molecule has 1 unspecified atom stereocenters. The summed E-state index contributed by atoms with van der Waals surface area (Å²) in [6.07, 6.45) is -0.214. The molecule has 0 radical (unpaired) electrons. The molecule has 0 rings (SSSR count). The highest BCUT2D eigenvalue weighted by atomic mass is 31.1. The van der Waals surface area contributed by atoms with E-state index in [2.05, 4.69) is 4.52 Å². The number of rotatable bonds is 5. The lowest BCUT2D eigenvalue weighted by Crippen LogP contribution is -2.22. The monoisotopic (exact) mass is 197 g/mol. The zero-order valence-electron chi connectivity index (χ0n) is 6.86. The van der Waals surface area contributed by atoms with E-state index in [-0.39, 0.29) is 6.10 Å². The number of nitrogens with one attached hydrogen (secondary N) is 1. The molecule has 2 N–H and O–H groups in total. The van der Waals surface area contributed by atoms with Crippen LogP contribution in [0.1, 0.15) is 13.8 Å². The SMILES string of the molecule is CC(C)O[PH](=O)OCC(=O)NO. The van der Waals surface area contributed by atoms with Crippen molar-refractivity contribution in [1.82, 2.24) is 5.48 Å². The minimum atomic E-state index is -2.62. The van der Waals surface area contributed by atoms with Gasteiger partial charge in [0.25, 0.3) is 5.91 Å². The Hall–Kier alpha value is -0.420. The molecule has 0 heterocycles. The van der Waals surface area contributed by atoms with Crippen molar-refractivity contribution in [3.63, 3.8) is 0 Å². The van der Waals surface area contributed by atoms with E-state index >= 15 is 0 Å². The van der Waals surface area contributed by atoms with E-state index in [1.54, 1.807) is 13.8 Å². The maximum absolute atomic E-state index is 10.8. The zero-order valence-corrected chi connectivity index (χ0v) is 7.86. The van der Waals surface area contributed by atoms with Gasteiger partial charge < -0.3 is 9.05 Å². The maximum Gasteiger partial charge on any atom is 0.319 e. The number of hydrogen-bond acceptors (Lipinski definition) is 5. The highest BCUT2D eigenvalue weighted by Gasteiger charge is 2.05. The predicted molar refractivity (Wildman–Crippen MR) is 41.1 cm³/mol. The molecule has 0 aliphatic heterocycles. The van der Waals surface area contributed by atoms with Crippen molar-refractivity contribution >= 4 is 14.2 Å². The molecule has 7 heteroatoms. The van der Waals surface area contributed by atoms with Crippen LogP contribution >= 0.6 is 8.25 Å². The molecular formula is C5H12NO5P. The second-order valence-corrected chi connectivity index (χ2v) is 3.26. The van der Waals surface area contributed by atoms with E-state index in [9.17, 15) is 9.36 Å². The first-order valence-corrected chi connectivity index (χ1v) is 4.55. The van der Waals surface area contributed by atoms with Crippen molar-refractivity contribution in [3.05, 3.63) is 0 Å². The van der Waals surface area contributed by atoms with E-state index in [1.807, 2.05) is 0 Å². The Balaban J connectivity index is 3.51. The molecular weight excluding hydrogens is 185 g/mol. The van der Waals surface area contributed by atoms with Gasteiger partial charge in [-0.2, -0.15) is 0 Å². The summed E-state index contributed by atoms with van der Waals surface area (Å²) in [5, 5.41) is 8.02. The summed E-state index contributed by atoms with van der Waals surface area (Å²) in [5.74, 6) is -0.763. The Morgan fingerprint density at radius 2 is 2.25 bits per heavy atom. The van der Waals surface area contributed by atoms with Crippen molar-refractivity contribution in [3.8, 4) is 0 Å². The molecule has 1 amide bonds. The number of hydroxylamine groups is 1. The van der Waals surface area contributed by atoms with Crippen LogP contribution in [0.5, 0.6) is 0 Å². The van der Waals surface area contributed by atoms with Gasteiger partial charge in [-0.25, -0.2) is 5.48 Å². The fourth-order valence-corrected chi connectivity index (χ4v) is 1.09. The van der Waals surface area contributed by atoms with Gasteiger partial charge in [-0.3, -0.25) is 14.6 Å². The summed E-state index contributed by atoms with van der Waals surface area (Å²) in [6, 6.07) is 0. The van der Waals surface area contributed by atoms with Crippen LogP contribution < -0.4 is 5.48 Å². The van der Waals surface area contributed by atoms with Crippen LogP contribution in [0.25, 0.3) is 0 Å². The van der Waals surface area contributed by atoms with Gasteiger partial charge >= 0.3 is 8.25 Å². The molecule has 0 spiro atoms. The smallest absolute Gasteiger partial charge is 0.308 e. The summed E-state index contributed by atoms with van der Waals surface area (Å²) >= 11 is 0. The van der Waals surface area contributed by atoms with Crippen molar-refractivity contribution < 1.29 is 23.6 Å². The van der Waals surface area contributed by atoms with Crippen molar-refractivity contribution in [1.29, 1.82) is 0 Å². The highest BCUT2D eigenvalue weighted by Crippen LogP contribution is 2.25. The Bertz CT molecular complexity index is 171. The van der Waals surface area contributed by atoms with Gasteiger partial charge in [-0.15, -0.1) is 0 Å². The lowest BCUT2D eigenvalue weighted by Gasteiger charge is -2.06. The lowest BCUT2D eigenvalue weighted by atomic mass is 10.5. The van der Waals surface area contributed by atoms with Gasteiger partial charge in [-0.05, 0) is 13.8 Å². The first-order chi connectivity index (χ1) is 5.56. The molecule has 0 bridgehead atoms. The Kier molecular flexibility index (Phi) is 5.92. The van der Waals surface area contributed by atoms with Crippen LogP contribution in [0.15, 0.2) is 0 Å². The fourth-order valence-electron chi connectivity index (χ4n) is 0.383. The standard InChI is InChI=1S/C5H12NO5P/c1-4(2)11-12(9)10-3-5(7)6-8/h4,8,12H,3H2,1-2H3,(H,6,7). The molecule has 0 aromatic heterocycles. The maximum atomic E-state index is 10.8. The molecule has 0 fully saturated rings. The van der Waals surface area contributed by atoms with Gasteiger partial charge in [0.15, 0.2) is 0 Å². The largest absolute Gasteiger partial charge is 0.319 e. The molecule has 0 aliphatic rings. The summed E-state index contributed by atoms with van der Waals surface area (Å²) in [5.41, 5.74) is 1.33. The average molecular weight is 197 g/mol. The first kappa shape index (κ1) is 11.6. The van der Waals surface area contributed by atoms with Crippen molar-refractivity contribution in [2.24, 2.45) is 0 Å². The molecule has 72 valence electrons. The second kappa shape index (κ2) is 6.14. The molecule has 0 aromatic carbocycles. The van der Waals surface area contributed by atoms with Gasteiger partial charge in [0, 0.05) is 0 Å². The van der Waals surface area contributed by atoms with Gasteiger partial charge in [-0.1, -0.05) is 0 Å². The Morgan fingerprint density at radius 3 is 2.67 bits per heavy atom. The Labute approximate surface area is 70.8 Å². The molecule has 1 atom stereocenters. The van der Waals surface area contributed by atoms with Gasteiger partial charge in [0.2, 0.25) is 0 Å². The summed E-state index contributed by atoms with van der Waals surface area (Å²) in [7, 11) is -2.62. The van der Waals surface area contributed by atoms with Crippen LogP contribution in [0.4, 0.5) is 0 Å². The minimum absolute atomic E-state index is 0.214. The van der Waals surface area contributed by atoms with E-state index in [0.29, 0.717) is 0 Å². The minimum Gasteiger partial charge on any atom is -0.308 e. The van der Waals surface area contributed by atoms with Gasteiger partial charge in [0.05, 0.1) is 6.10 Å². The third kappa shape index (κ3) is 6.30. The number of amides is 1. The molecule has 0 saturated heterocycles. The third-order valence-electron chi connectivity index (χ3n) is 0.778. The normalized spacial score (nSPS) is 13.0. The van der Waals surface area contributed by atoms with E-state index in [1.165, 1.54) is 5.48 Å². The van der Waals surface area contributed by atoms with E-state index < -0.39 is 20.8 Å². The van der Waals surface area contributed by atoms with Crippen LogP contribution in [0, 0.1) is 0 Å². The number of hydrogen-bond donors (Lipinski definition) is 2. The molecule has 0 saturated carbocycles. The highest BCUT2D eigenvalue weighted by molar-refractivity contribution is 7.33. The van der Waals surface area contributed by atoms with Crippen LogP contribution in [0.2, 0.25) is 0 Å². The fraction of sp³-hybridized carbons (Fsp3) is 0.800. The number of carbonyl (C=O) groups is 1. The van der Waals surface area contributed by atoms with E-state index in [0.717, 1.165) is 0 Å². The van der Waals surface area contributed by atoms with E-state index in [4.69, 9.17) is 9.73 Å². The Morgan fingerprint density at radius 1 is 1.67 bits per heavy atom. The lowest BCUT2D eigenvalue weighted by molar-refractivity contribution is -0.131. The van der Waals surface area contributed by atoms with Crippen LogP contribution in [-0.4, -0.2) is 23.8 Å². The van der Waals surface area contributed by atoms with Crippen LogP contribution in [-0.2, 0) is 18.4 Å².